The molecule has 4 N–H and O–H groups in total. The number of rotatable bonds is 3. The van der Waals surface area contributed by atoms with E-state index in [1.165, 1.54) is 6.92 Å². The van der Waals surface area contributed by atoms with E-state index in [0.717, 1.165) is 0 Å². The van der Waals surface area contributed by atoms with E-state index >= 15 is 0 Å². The highest BCUT2D eigenvalue weighted by Gasteiger charge is 2.39. The Morgan fingerprint density at radius 3 is 2.64 bits per heavy atom. The van der Waals surface area contributed by atoms with Crippen molar-refractivity contribution in [2.75, 3.05) is 6.61 Å². The summed E-state index contributed by atoms with van der Waals surface area (Å²) in [6.45, 7) is 2.89. The molecule has 1 aromatic rings. The number of allylic oxidation sites excluding steroid dienone is 2. The van der Waals surface area contributed by atoms with Gasteiger partial charge in [0.05, 0.1) is 18.1 Å². The van der Waals surface area contributed by atoms with Gasteiger partial charge in [-0.1, -0.05) is 0 Å². The van der Waals surface area contributed by atoms with Gasteiger partial charge >= 0.3 is 5.97 Å². The molecule has 0 saturated carbocycles. The van der Waals surface area contributed by atoms with Crippen LogP contribution < -0.4 is 5.73 Å². The number of aromatic hydroxyl groups is 2. The number of halogens is 2. The number of carbonyl (C=O) groups is 1. The van der Waals surface area contributed by atoms with Crippen molar-refractivity contribution in [1.29, 1.82) is 5.26 Å². The van der Waals surface area contributed by atoms with Gasteiger partial charge in [-0.05, 0) is 19.9 Å². The topological polar surface area (TPSA) is 126 Å². The van der Waals surface area contributed by atoms with E-state index in [-0.39, 0.29) is 29.4 Å². The number of phenolic OH excluding ortho intramolecular Hbond substituents is 2. The number of nitrogens with two attached hydrogens (primary N) is 1. The number of nitrogens with zero attached hydrogens (tertiary/aromatic N) is 1. The first-order valence-corrected chi connectivity index (χ1v) is 7.09. The molecule has 0 fully saturated rings. The SMILES string of the molecule is CCOC(=O)C1=C(C)OC(N)=C(C#N)C1c1cc(F)c(O)c(F)c1O. The molecule has 1 heterocycles. The van der Waals surface area contributed by atoms with Gasteiger partial charge in [0.1, 0.15) is 17.4 Å². The van der Waals surface area contributed by atoms with E-state index in [1.54, 1.807) is 13.0 Å². The Morgan fingerprint density at radius 1 is 1.44 bits per heavy atom. The van der Waals surface area contributed by atoms with Crippen molar-refractivity contribution in [1.82, 2.24) is 0 Å². The maximum atomic E-state index is 13.9. The normalized spacial score (nSPS) is 17.2. The van der Waals surface area contributed by atoms with Crippen molar-refractivity contribution in [3.63, 3.8) is 0 Å². The molecule has 0 bridgehead atoms. The van der Waals surface area contributed by atoms with Crippen molar-refractivity contribution >= 4 is 5.97 Å². The van der Waals surface area contributed by atoms with Crippen LogP contribution in [-0.2, 0) is 14.3 Å². The summed E-state index contributed by atoms with van der Waals surface area (Å²) in [6.07, 6.45) is 0. The van der Waals surface area contributed by atoms with Crippen LogP contribution in [0.5, 0.6) is 11.5 Å². The molecule has 0 radical (unpaired) electrons. The summed E-state index contributed by atoms with van der Waals surface area (Å²) < 4.78 is 37.7. The van der Waals surface area contributed by atoms with Crippen LogP contribution in [0, 0.1) is 23.0 Å². The van der Waals surface area contributed by atoms with E-state index in [2.05, 4.69) is 0 Å². The summed E-state index contributed by atoms with van der Waals surface area (Å²) in [4.78, 5) is 12.3. The maximum Gasteiger partial charge on any atom is 0.338 e. The van der Waals surface area contributed by atoms with Gasteiger partial charge in [0.25, 0.3) is 0 Å². The third kappa shape index (κ3) is 2.94. The first-order valence-electron chi connectivity index (χ1n) is 7.09. The van der Waals surface area contributed by atoms with Crippen LogP contribution in [0.2, 0.25) is 0 Å². The van der Waals surface area contributed by atoms with Crippen molar-refractivity contribution < 1.29 is 33.3 Å². The second-order valence-electron chi connectivity index (χ2n) is 5.07. The van der Waals surface area contributed by atoms with Gasteiger partial charge in [0.15, 0.2) is 17.3 Å². The molecule has 1 unspecified atom stereocenters. The van der Waals surface area contributed by atoms with Gasteiger partial charge in [-0.2, -0.15) is 9.65 Å². The quantitative estimate of drug-likeness (QED) is 0.711. The van der Waals surface area contributed by atoms with Gasteiger partial charge in [-0.15, -0.1) is 0 Å². The summed E-state index contributed by atoms with van der Waals surface area (Å²) in [6, 6.07) is 2.31. The van der Waals surface area contributed by atoms with Gasteiger partial charge in [-0.25, -0.2) is 9.18 Å². The van der Waals surface area contributed by atoms with E-state index in [1.807, 2.05) is 0 Å². The molecule has 9 heteroatoms. The zero-order valence-corrected chi connectivity index (χ0v) is 13.3. The van der Waals surface area contributed by atoms with Gasteiger partial charge in [0.2, 0.25) is 11.7 Å². The first kappa shape index (κ1) is 18.1. The summed E-state index contributed by atoms with van der Waals surface area (Å²) >= 11 is 0. The van der Waals surface area contributed by atoms with Gasteiger partial charge in [0, 0.05) is 5.56 Å². The number of hydrogen-bond donors (Lipinski definition) is 3. The standard InChI is InChI=1S/C16H14F2N2O5/c1-3-24-16(23)10-6(2)25-15(20)8(5-19)11(10)7-4-9(17)14(22)12(18)13(7)21/h4,11,21-22H,3,20H2,1-2H3. The van der Waals surface area contributed by atoms with E-state index < -0.39 is 40.6 Å². The molecule has 25 heavy (non-hydrogen) atoms. The van der Waals surface area contributed by atoms with Crippen molar-refractivity contribution in [3.8, 4) is 17.6 Å². The van der Waals surface area contributed by atoms with Crippen molar-refractivity contribution in [2.24, 2.45) is 5.73 Å². The number of nitriles is 1. The fraction of sp³-hybridized carbons (Fsp3) is 0.250. The number of carbonyl (C=O) groups excluding carboxylic acids is 1. The predicted octanol–water partition coefficient (Wildman–Crippen LogP) is 2.02. The molecule has 0 aromatic heterocycles. The number of ether oxygens (including phenoxy) is 2. The Balaban J connectivity index is 2.78. The highest BCUT2D eigenvalue weighted by atomic mass is 19.1. The smallest absolute Gasteiger partial charge is 0.338 e. The summed E-state index contributed by atoms with van der Waals surface area (Å²) in [5.74, 6) is -8.28. The van der Waals surface area contributed by atoms with Crippen LogP contribution >= 0.6 is 0 Å². The average molecular weight is 352 g/mol. The molecular weight excluding hydrogens is 338 g/mol. The predicted molar refractivity (Wildman–Crippen MR) is 79.7 cm³/mol. The maximum absolute atomic E-state index is 13.9. The summed E-state index contributed by atoms with van der Waals surface area (Å²) in [7, 11) is 0. The van der Waals surface area contributed by atoms with Crippen LogP contribution in [-0.4, -0.2) is 22.8 Å². The largest absolute Gasteiger partial charge is 0.505 e. The average Bonchev–Trinajstić information content (AvgIpc) is 2.55. The lowest BCUT2D eigenvalue weighted by Gasteiger charge is -2.27. The fourth-order valence-electron chi connectivity index (χ4n) is 2.50. The lowest BCUT2D eigenvalue weighted by Crippen LogP contribution is -2.25. The zero-order valence-electron chi connectivity index (χ0n) is 13.3. The van der Waals surface area contributed by atoms with E-state index in [4.69, 9.17) is 15.2 Å². The monoisotopic (exact) mass is 352 g/mol. The molecule has 0 saturated heterocycles. The zero-order chi connectivity index (χ0) is 18.9. The molecule has 132 valence electrons. The van der Waals surface area contributed by atoms with Crippen LogP contribution in [0.1, 0.15) is 25.3 Å². The lowest BCUT2D eigenvalue weighted by molar-refractivity contribution is -0.139. The van der Waals surface area contributed by atoms with Gasteiger partial charge in [-0.3, -0.25) is 0 Å². The minimum Gasteiger partial charge on any atom is -0.505 e. The van der Waals surface area contributed by atoms with Crippen molar-refractivity contribution in [3.05, 3.63) is 46.1 Å². The van der Waals surface area contributed by atoms with Crippen molar-refractivity contribution in [2.45, 2.75) is 19.8 Å². The molecule has 0 amide bonds. The third-order valence-electron chi connectivity index (χ3n) is 3.61. The lowest BCUT2D eigenvalue weighted by atomic mass is 9.82. The number of hydrogen-bond acceptors (Lipinski definition) is 7. The molecular formula is C16H14F2N2O5. The molecule has 1 atom stereocenters. The molecule has 7 nitrogen and oxygen atoms in total. The van der Waals surface area contributed by atoms with Crippen LogP contribution in [0.4, 0.5) is 8.78 Å². The molecule has 2 rings (SSSR count). The highest BCUT2D eigenvalue weighted by Crippen LogP contribution is 2.45. The minimum atomic E-state index is -1.63. The highest BCUT2D eigenvalue weighted by molar-refractivity contribution is 5.92. The summed E-state index contributed by atoms with van der Waals surface area (Å²) in [5.41, 5.74) is 4.57. The third-order valence-corrected chi connectivity index (χ3v) is 3.61. The first-order chi connectivity index (χ1) is 11.7. The Morgan fingerprint density at radius 2 is 2.08 bits per heavy atom. The van der Waals surface area contributed by atoms with Crippen LogP contribution in [0.3, 0.4) is 0 Å². The van der Waals surface area contributed by atoms with Crippen LogP contribution in [0.25, 0.3) is 0 Å². The Hall–Kier alpha value is -3.28. The van der Waals surface area contributed by atoms with Gasteiger partial charge < -0.3 is 25.4 Å². The number of esters is 1. The van der Waals surface area contributed by atoms with E-state index in [0.29, 0.717) is 6.07 Å². The molecule has 0 spiro atoms. The number of phenols is 2. The Kier molecular flexibility index (Phi) is 4.83. The molecule has 1 aliphatic rings. The number of benzene rings is 1. The summed E-state index contributed by atoms with van der Waals surface area (Å²) in [5, 5.41) is 28.6. The minimum absolute atomic E-state index is 0.00625. The molecule has 1 aromatic carbocycles. The second-order valence-corrected chi connectivity index (χ2v) is 5.07. The van der Waals surface area contributed by atoms with Crippen LogP contribution in [0.15, 0.2) is 28.9 Å². The second kappa shape index (κ2) is 6.68. The molecule has 0 aliphatic carbocycles. The molecule has 1 aliphatic heterocycles. The Labute approximate surface area is 141 Å². The van der Waals surface area contributed by atoms with E-state index in [9.17, 15) is 29.1 Å². The Bertz CT molecular complexity index is 855. The fourth-order valence-corrected chi connectivity index (χ4v) is 2.50.